The number of carbonyl (C=O) groups excluding carboxylic acids is 1. The molecule has 0 saturated heterocycles. The van der Waals surface area contributed by atoms with Crippen LogP contribution in [-0.4, -0.2) is 11.0 Å². The number of carbonyl (C=O) groups is 1. The van der Waals surface area contributed by atoms with Gasteiger partial charge in [-0.15, -0.1) is 0 Å². The third-order valence-electron chi connectivity index (χ3n) is 4.34. The molecule has 1 aromatic carbocycles. The van der Waals surface area contributed by atoms with Crippen LogP contribution in [0.4, 0.5) is 4.39 Å². The molecule has 1 saturated carbocycles. The van der Waals surface area contributed by atoms with Crippen molar-refractivity contribution in [2.75, 3.05) is 0 Å². The SMILES string of the molecule is O=C(OCc1nccc[n+]1[O-])C1(c2cccc(F)c2)CCCC1. The van der Waals surface area contributed by atoms with Gasteiger partial charge in [-0.2, -0.15) is 0 Å². The van der Waals surface area contributed by atoms with Crippen molar-refractivity contribution in [1.82, 2.24) is 4.98 Å². The maximum atomic E-state index is 13.6. The summed E-state index contributed by atoms with van der Waals surface area (Å²) in [6.07, 6.45) is 5.78. The van der Waals surface area contributed by atoms with E-state index in [1.165, 1.54) is 30.6 Å². The zero-order chi connectivity index (χ0) is 16.3. The van der Waals surface area contributed by atoms with Crippen LogP contribution in [0.1, 0.15) is 37.1 Å². The Bertz CT molecular complexity index is 714. The smallest absolute Gasteiger partial charge is 0.339 e. The van der Waals surface area contributed by atoms with Gasteiger partial charge in [-0.05, 0) is 35.5 Å². The molecule has 0 atom stereocenters. The van der Waals surface area contributed by atoms with Gasteiger partial charge in [-0.1, -0.05) is 25.0 Å². The summed E-state index contributed by atoms with van der Waals surface area (Å²) >= 11 is 0. The summed E-state index contributed by atoms with van der Waals surface area (Å²) in [6, 6.07) is 7.60. The van der Waals surface area contributed by atoms with Crippen molar-refractivity contribution >= 4 is 5.97 Å². The lowest BCUT2D eigenvalue weighted by Crippen LogP contribution is -2.37. The fourth-order valence-electron chi connectivity index (χ4n) is 3.13. The minimum Gasteiger partial charge on any atom is -0.711 e. The highest BCUT2D eigenvalue weighted by Gasteiger charge is 2.44. The first-order valence-electron chi connectivity index (χ1n) is 7.58. The Morgan fingerprint density at radius 3 is 2.83 bits per heavy atom. The molecule has 0 amide bonds. The Morgan fingerprint density at radius 2 is 2.13 bits per heavy atom. The van der Waals surface area contributed by atoms with Crippen LogP contribution in [0.2, 0.25) is 0 Å². The van der Waals surface area contributed by atoms with E-state index in [1.54, 1.807) is 12.1 Å². The minimum absolute atomic E-state index is 0.119. The predicted molar refractivity (Wildman–Crippen MR) is 79.5 cm³/mol. The largest absolute Gasteiger partial charge is 0.711 e. The topological polar surface area (TPSA) is 66.1 Å². The molecule has 1 aromatic heterocycles. The summed E-state index contributed by atoms with van der Waals surface area (Å²) in [6.45, 7) is -0.194. The number of nitrogens with zero attached hydrogens (tertiary/aromatic N) is 2. The van der Waals surface area contributed by atoms with Gasteiger partial charge in [0.15, 0.2) is 6.61 Å². The number of rotatable bonds is 4. The van der Waals surface area contributed by atoms with E-state index in [-0.39, 0.29) is 18.2 Å². The highest BCUT2D eigenvalue weighted by Crippen LogP contribution is 2.42. The Labute approximate surface area is 133 Å². The molecule has 0 unspecified atom stereocenters. The number of aromatic nitrogens is 2. The predicted octanol–water partition coefficient (Wildman–Crippen LogP) is 2.41. The van der Waals surface area contributed by atoms with Gasteiger partial charge in [0.25, 0.3) is 0 Å². The van der Waals surface area contributed by atoms with Crippen molar-refractivity contribution in [3.8, 4) is 0 Å². The molecular weight excluding hydrogens is 299 g/mol. The summed E-state index contributed by atoms with van der Waals surface area (Å²) in [7, 11) is 0. The first-order valence-corrected chi connectivity index (χ1v) is 7.58. The Morgan fingerprint density at radius 1 is 1.35 bits per heavy atom. The number of hydrogen-bond donors (Lipinski definition) is 0. The Hall–Kier alpha value is -2.50. The second-order valence-electron chi connectivity index (χ2n) is 5.74. The lowest BCUT2D eigenvalue weighted by molar-refractivity contribution is -0.620. The van der Waals surface area contributed by atoms with Gasteiger partial charge in [-0.25, -0.2) is 9.12 Å². The molecule has 1 fully saturated rings. The van der Waals surface area contributed by atoms with Gasteiger partial charge < -0.3 is 9.94 Å². The standard InChI is InChI=1S/C17H17FN2O3/c18-14-6-3-5-13(11-14)17(7-1-2-8-17)16(21)23-12-15-19-9-4-10-20(15)22/h3-6,9-11H,1-2,7-8,12H2. The summed E-state index contributed by atoms with van der Waals surface area (Å²) in [4.78, 5) is 16.6. The lowest BCUT2D eigenvalue weighted by atomic mass is 9.79. The second kappa shape index (κ2) is 6.32. The van der Waals surface area contributed by atoms with Gasteiger partial charge in [-0.3, -0.25) is 4.79 Å². The quantitative estimate of drug-likeness (QED) is 0.493. The normalized spacial score (nSPS) is 16.2. The first-order chi connectivity index (χ1) is 11.1. The van der Waals surface area contributed by atoms with Crippen LogP contribution in [0.25, 0.3) is 0 Å². The summed E-state index contributed by atoms with van der Waals surface area (Å²) < 4.78 is 19.5. The Kier molecular flexibility index (Phi) is 4.23. The molecule has 6 heteroatoms. The summed E-state index contributed by atoms with van der Waals surface area (Å²) in [5, 5.41) is 11.6. The molecular formula is C17H17FN2O3. The summed E-state index contributed by atoms with van der Waals surface area (Å²) in [5.41, 5.74) is -0.194. The molecule has 0 radical (unpaired) electrons. The highest BCUT2D eigenvalue weighted by atomic mass is 19.1. The number of benzene rings is 1. The maximum absolute atomic E-state index is 13.6. The number of hydrogen-bond acceptors (Lipinski definition) is 4. The molecule has 3 rings (SSSR count). The average Bonchev–Trinajstić information content (AvgIpc) is 3.05. The fraction of sp³-hybridized carbons (Fsp3) is 0.353. The highest BCUT2D eigenvalue weighted by molar-refractivity contribution is 5.83. The second-order valence-corrected chi connectivity index (χ2v) is 5.74. The van der Waals surface area contributed by atoms with Gasteiger partial charge in [0, 0.05) is 6.07 Å². The molecule has 23 heavy (non-hydrogen) atoms. The van der Waals surface area contributed by atoms with Crippen molar-refractivity contribution in [1.29, 1.82) is 0 Å². The van der Waals surface area contributed by atoms with Crippen molar-refractivity contribution in [3.05, 3.63) is 65.1 Å². The Balaban J connectivity index is 1.81. The van der Waals surface area contributed by atoms with Crippen LogP contribution in [0, 0.1) is 11.0 Å². The maximum Gasteiger partial charge on any atom is 0.339 e. The van der Waals surface area contributed by atoms with E-state index >= 15 is 0 Å². The fourth-order valence-corrected chi connectivity index (χ4v) is 3.13. The van der Waals surface area contributed by atoms with Crippen molar-refractivity contribution in [3.63, 3.8) is 0 Å². The van der Waals surface area contributed by atoms with E-state index in [9.17, 15) is 14.4 Å². The molecule has 1 heterocycles. The monoisotopic (exact) mass is 316 g/mol. The van der Waals surface area contributed by atoms with Crippen molar-refractivity contribution in [2.45, 2.75) is 37.7 Å². The van der Waals surface area contributed by atoms with Crippen LogP contribution in [0.5, 0.6) is 0 Å². The van der Waals surface area contributed by atoms with Crippen LogP contribution in [0.15, 0.2) is 42.7 Å². The number of ether oxygens (including phenoxy) is 1. The number of halogens is 1. The minimum atomic E-state index is -0.829. The molecule has 0 aliphatic heterocycles. The third-order valence-corrected chi connectivity index (χ3v) is 4.34. The van der Waals surface area contributed by atoms with Gasteiger partial charge in [0.05, 0.1) is 11.6 Å². The molecule has 5 nitrogen and oxygen atoms in total. The van der Waals surface area contributed by atoms with E-state index in [1.807, 2.05) is 0 Å². The van der Waals surface area contributed by atoms with Crippen molar-refractivity contribution in [2.24, 2.45) is 0 Å². The van der Waals surface area contributed by atoms with Gasteiger partial charge in [0.1, 0.15) is 12.0 Å². The van der Waals surface area contributed by atoms with Crippen LogP contribution in [-0.2, 0) is 21.6 Å². The molecule has 120 valence electrons. The van der Waals surface area contributed by atoms with E-state index in [4.69, 9.17) is 4.74 Å². The van der Waals surface area contributed by atoms with E-state index in [2.05, 4.69) is 4.98 Å². The first kappa shape index (κ1) is 15.4. The molecule has 0 bridgehead atoms. The zero-order valence-corrected chi connectivity index (χ0v) is 12.6. The molecule has 2 aromatic rings. The molecule has 0 spiro atoms. The van der Waals surface area contributed by atoms with Gasteiger partial charge >= 0.3 is 11.8 Å². The van der Waals surface area contributed by atoms with Crippen LogP contribution >= 0.6 is 0 Å². The van der Waals surface area contributed by atoms with Crippen LogP contribution < -0.4 is 4.73 Å². The van der Waals surface area contributed by atoms with Crippen LogP contribution in [0.3, 0.4) is 0 Å². The van der Waals surface area contributed by atoms with Gasteiger partial charge in [0.2, 0.25) is 0 Å². The zero-order valence-electron chi connectivity index (χ0n) is 12.6. The lowest BCUT2D eigenvalue weighted by Gasteiger charge is -2.27. The van der Waals surface area contributed by atoms with Crippen molar-refractivity contribution < 1.29 is 18.7 Å². The number of esters is 1. The van der Waals surface area contributed by atoms with E-state index < -0.39 is 11.4 Å². The van der Waals surface area contributed by atoms with E-state index in [0.29, 0.717) is 23.1 Å². The molecule has 1 aliphatic carbocycles. The molecule has 0 N–H and O–H groups in total. The summed E-state index contributed by atoms with van der Waals surface area (Å²) in [5.74, 6) is -0.678. The average molecular weight is 316 g/mol. The van der Waals surface area contributed by atoms with E-state index in [0.717, 1.165) is 12.8 Å². The molecule has 1 aliphatic rings. The third kappa shape index (κ3) is 3.02.